The number of aromatic nitrogens is 3. The van der Waals surface area contributed by atoms with Crippen LogP contribution in [0.4, 0.5) is 0 Å². The van der Waals surface area contributed by atoms with Gasteiger partial charge >= 0.3 is 0 Å². The SMILES string of the molecule is Brc1cnc2nc(-c3cc4ccccc4s3)cn2c1. The molecule has 19 heavy (non-hydrogen) atoms. The van der Waals surface area contributed by atoms with Crippen LogP contribution >= 0.6 is 27.3 Å². The third-order valence-electron chi connectivity index (χ3n) is 2.96. The van der Waals surface area contributed by atoms with Gasteiger partial charge in [0, 0.05) is 23.3 Å². The first-order valence-electron chi connectivity index (χ1n) is 5.79. The average Bonchev–Trinajstić information content (AvgIpc) is 3.00. The molecule has 0 spiro atoms. The lowest BCUT2D eigenvalue weighted by atomic mass is 10.2. The second-order valence-electron chi connectivity index (χ2n) is 4.25. The summed E-state index contributed by atoms with van der Waals surface area (Å²) >= 11 is 5.17. The lowest BCUT2D eigenvalue weighted by Gasteiger charge is -1.90. The van der Waals surface area contributed by atoms with Gasteiger partial charge in [0.05, 0.1) is 9.35 Å². The smallest absolute Gasteiger partial charge is 0.234 e. The average molecular weight is 330 g/mol. The Bertz CT molecular complexity index is 861. The second kappa shape index (κ2) is 4.15. The van der Waals surface area contributed by atoms with E-state index in [2.05, 4.69) is 56.2 Å². The van der Waals surface area contributed by atoms with Crippen molar-refractivity contribution in [1.82, 2.24) is 14.4 Å². The number of nitrogens with zero attached hydrogens (tertiary/aromatic N) is 3. The first-order valence-corrected chi connectivity index (χ1v) is 7.40. The van der Waals surface area contributed by atoms with Gasteiger partial charge in [0.1, 0.15) is 5.69 Å². The zero-order valence-electron chi connectivity index (χ0n) is 9.75. The molecule has 1 aromatic carbocycles. The van der Waals surface area contributed by atoms with Gasteiger partial charge in [-0.25, -0.2) is 9.97 Å². The minimum atomic E-state index is 0.718. The number of halogens is 1. The van der Waals surface area contributed by atoms with Gasteiger partial charge < -0.3 is 0 Å². The van der Waals surface area contributed by atoms with Gasteiger partial charge in [-0.3, -0.25) is 4.40 Å². The molecule has 0 fully saturated rings. The van der Waals surface area contributed by atoms with Crippen molar-refractivity contribution in [1.29, 1.82) is 0 Å². The van der Waals surface area contributed by atoms with Gasteiger partial charge in [0.2, 0.25) is 5.78 Å². The van der Waals surface area contributed by atoms with Crippen LogP contribution in [0.5, 0.6) is 0 Å². The van der Waals surface area contributed by atoms with E-state index in [9.17, 15) is 0 Å². The van der Waals surface area contributed by atoms with Gasteiger partial charge in [-0.05, 0) is 33.4 Å². The Hall–Kier alpha value is -1.72. The van der Waals surface area contributed by atoms with E-state index in [4.69, 9.17) is 0 Å². The number of hydrogen-bond acceptors (Lipinski definition) is 3. The summed E-state index contributed by atoms with van der Waals surface area (Å²) in [6, 6.07) is 10.6. The minimum Gasteiger partial charge on any atom is -0.289 e. The summed E-state index contributed by atoms with van der Waals surface area (Å²) in [5, 5.41) is 1.26. The molecule has 4 aromatic rings. The molecule has 0 saturated heterocycles. The highest BCUT2D eigenvalue weighted by Crippen LogP contribution is 2.32. The molecule has 92 valence electrons. The van der Waals surface area contributed by atoms with Crippen molar-refractivity contribution < 1.29 is 0 Å². The molecule has 3 aromatic heterocycles. The van der Waals surface area contributed by atoms with Gasteiger partial charge in [-0.2, -0.15) is 0 Å². The Balaban J connectivity index is 1.93. The molecule has 0 aliphatic heterocycles. The predicted molar refractivity (Wildman–Crippen MR) is 81.5 cm³/mol. The van der Waals surface area contributed by atoms with Crippen LogP contribution in [0.2, 0.25) is 0 Å². The van der Waals surface area contributed by atoms with Crippen molar-refractivity contribution in [3.05, 3.63) is 53.4 Å². The van der Waals surface area contributed by atoms with E-state index in [1.807, 2.05) is 16.8 Å². The van der Waals surface area contributed by atoms with Crippen molar-refractivity contribution in [2.75, 3.05) is 0 Å². The van der Waals surface area contributed by atoms with Crippen molar-refractivity contribution in [2.45, 2.75) is 0 Å². The first-order chi connectivity index (χ1) is 9.29. The van der Waals surface area contributed by atoms with E-state index in [0.717, 1.165) is 15.9 Å². The molecule has 0 unspecified atom stereocenters. The Morgan fingerprint density at radius 3 is 2.95 bits per heavy atom. The molecule has 0 amide bonds. The number of imidazole rings is 1. The van der Waals surface area contributed by atoms with Crippen LogP contribution in [0.15, 0.2) is 53.4 Å². The molecule has 0 atom stereocenters. The first kappa shape index (κ1) is 11.1. The van der Waals surface area contributed by atoms with Gasteiger partial charge in [-0.15, -0.1) is 11.3 Å². The summed E-state index contributed by atoms with van der Waals surface area (Å²) < 4.78 is 4.16. The fourth-order valence-electron chi connectivity index (χ4n) is 2.09. The largest absolute Gasteiger partial charge is 0.289 e. The summed E-state index contributed by atoms with van der Waals surface area (Å²) in [7, 11) is 0. The van der Waals surface area contributed by atoms with E-state index < -0.39 is 0 Å². The van der Waals surface area contributed by atoms with Crippen LogP contribution in [0.1, 0.15) is 0 Å². The molecular formula is C14H8BrN3S. The molecule has 0 saturated carbocycles. The standard InChI is InChI=1S/C14H8BrN3S/c15-10-6-16-14-17-11(8-18(14)7-10)13-5-9-3-1-2-4-12(9)19-13/h1-8H. The zero-order valence-corrected chi connectivity index (χ0v) is 12.1. The van der Waals surface area contributed by atoms with Crippen LogP contribution in [-0.4, -0.2) is 14.4 Å². The van der Waals surface area contributed by atoms with E-state index in [-0.39, 0.29) is 0 Å². The lowest BCUT2D eigenvalue weighted by Crippen LogP contribution is -1.85. The molecule has 0 aliphatic carbocycles. The highest BCUT2D eigenvalue weighted by molar-refractivity contribution is 9.10. The van der Waals surface area contributed by atoms with Crippen molar-refractivity contribution >= 4 is 43.1 Å². The fraction of sp³-hybridized carbons (Fsp3) is 0. The normalized spacial score (nSPS) is 11.4. The fourth-order valence-corrected chi connectivity index (χ4v) is 3.43. The molecule has 0 bridgehead atoms. The Labute approximate surface area is 121 Å². The van der Waals surface area contributed by atoms with E-state index in [0.29, 0.717) is 0 Å². The van der Waals surface area contributed by atoms with Crippen LogP contribution in [0, 0.1) is 0 Å². The zero-order chi connectivity index (χ0) is 12.8. The Morgan fingerprint density at radius 2 is 2.05 bits per heavy atom. The van der Waals surface area contributed by atoms with Crippen LogP contribution < -0.4 is 0 Å². The topological polar surface area (TPSA) is 30.2 Å². The van der Waals surface area contributed by atoms with E-state index >= 15 is 0 Å². The monoisotopic (exact) mass is 329 g/mol. The summed E-state index contributed by atoms with van der Waals surface area (Å²) in [4.78, 5) is 10.0. The highest BCUT2D eigenvalue weighted by Gasteiger charge is 2.08. The van der Waals surface area contributed by atoms with E-state index in [1.54, 1.807) is 17.5 Å². The molecule has 3 nitrogen and oxygen atoms in total. The molecule has 4 rings (SSSR count). The maximum atomic E-state index is 4.56. The van der Waals surface area contributed by atoms with E-state index in [1.165, 1.54) is 15.0 Å². The number of thiophene rings is 1. The van der Waals surface area contributed by atoms with Crippen LogP contribution in [0.25, 0.3) is 26.4 Å². The summed E-state index contributed by atoms with van der Waals surface area (Å²) in [5.41, 5.74) is 0.965. The minimum absolute atomic E-state index is 0.718. The molecule has 0 N–H and O–H groups in total. The second-order valence-corrected chi connectivity index (χ2v) is 6.25. The molecule has 5 heteroatoms. The summed E-state index contributed by atoms with van der Waals surface area (Å²) in [5.74, 6) is 0.718. The molecular weight excluding hydrogens is 322 g/mol. The third-order valence-corrected chi connectivity index (χ3v) is 4.50. The lowest BCUT2D eigenvalue weighted by molar-refractivity contribution is 1.10. The highest BCUT2D eigenvalue weighted by atomic mass is 79.9. The van der Waals surface area contributed by atoms with Crippen molar-refractivity contribution in [2.24, 2.45) is 0 Å². The number of hydrogen-bond donors (Lipinski definition) is 0. The van der Waals surface area contributed by atoms with Crippen LogP contribution in [0.3, 0.4) is 0 Å². The number of rotatable bonds is 1. The molecule has 0 radical (unpaired) electrons. The van der Waals surface area contributed by atoms with Gasteiger partial charge in [0.15, 0.2) is 0 Å². The van der Waals surface area contributed by atoms with Crippen molar-refractivity contribution in [3.8, 4) is 10.6 Å². The number of benzene rings is 1. The van der Waals surface area contributed by atoms with Gasteiger partial charge in [-0.1, -0.05) is 18.2 Å². The number of fused-ring (bicyclic) bond motifs is 2. The summed E-state index contributed by atoms with van der Waals surface area (Å²) in [6.07, 6.45) is 5.74. The maximum Gasteiger partial charge on any atom is 0.234 e. The Morgan fingerprint density at radius 1 is 1.16 bits per heavy atom. The van der Waals surface area contributed by atoms with Crippen molar-refractivity contribution in [3.63, 3.8) is 0 Å². The quantitative estimate of drug-likeness (QED) is 0.519. The summed E-state index contributed by atoms with van der Waals surface area (Å²) in [6.45, 7) is 0. The predicted octanol–water partition coefficient (Wildman–Crippen LogP) is 4.37. The molecule has 0 aliphatic rings. The van der Waals surface area contributed by atoms with Gasteiger partial charge in [0.25, 0.3) is 0 Å². The van der Waals surface area contributed by atoms with Crippen LogP contribution in [-0.2, 0) is 0 Å². The maximum absolute atomic E-state index is 4.56. The third kappa shape index (κ3) is 1.86. The Kier molecular flexibility index (Phi) is 2.43. The molecule has 3 heterocycles.